The van der Waals surface area contributed by atoms with Crippen LogP contribution in [-0.2, 0) is 14.4 Å². The summed E-state index contributed by atoms with van der Waals surface area (Å²) in [6, 6.07) is 7.32. The number of hydrogen-bond donors (Lipinski definition) is 1. The number of amides is 1. The number of ether oxygens (including phenoxy) is 1. The molecule has 0 fully saturated rings. The molecule has 1 heterocycles. The lowest BCUT2D eigenvalue weighted by molar-refractivity contribution is -0.120. The number of benzene rings is 1. The first kappa shape index (κ1) is 18.5. The molecule has 3 aliphatic rings. The lowest BCUT2D eigenvalue weighted by Gasteiger charge is -2.42. The summed E-state index contributed by atoms with van der Waals surface area (Å²) in [6.07, 6.45) is 4.28. The van der Waals surface area contributed by atoms with Crippen molar-refractivity contribution in [2.24, 2.45) is 5.73 Å². The third-order valence-electron chi connectivity index (χ3n) is 5.84. The zero-order valence-corrected chi connectivity index (χ0v) is 16.0. The van der Waals surface area contributed by atoms with Crippen molar-refractivity contribution in [3.8, 4) is 5.75 Å². The zero-order chi connectivity index (χ0) is 19.8. The number of para-hydroxylation sites is 1. The molecule has 2 N–H and O–H groups in total. The number of hydrogen-bond acceptors (Lipinski definition) is 5. The van der Waals surface area contributed by atoms with E-state index in [1.54, 1.807) is 6.07 Å². The molecule has 0 bridgehead atoms. The minimum atomic E-state index is -0.569. The number of carbonyl (C=O) groups excluding carboxylic acids is 3. The number of allylic oxidation sites excluding steroid dienone is 4. The maximum absolute atomic E-state index is 13.0. The van der Waals surface area contributed by atoms with Crippen LogP contribution >= 0.6 is 0 Å². The number of rotatable bonds is 4. The number of nitrogens with two attached hydrogens (primary N) is 1. The van der Waals surface area contributed by atoms with Crippen molar-refractivity contribution < 1.29 is 19.1 Å². The topological polar surface area (TPSA) is 89.7 Å². The summed E-state index contributed by atoms with van der Waals surface area (Å²) in [5, 5.41) is 0. The van der Waals surface area contributed by atoms with Crippen molar-refractivity contribution in [1.82, 2.24) is 4.90 Å². The molecule has 28 heavy (non-hydrogen) atoms. The van der Waals surface area contributed by atoms with Gasteiger partial charge in [0.05, 0.1) is 0 Å². The van der Waals surface area contributed by atoms with E-state index in [1.165, 1.54) is 0 Å². The van der Waals surface area contributed by atoms with Crippen LogP contribution < -0.4 is 10.5 Å². The van der Waals surface area contributed by atoms with Gasteiger partial charge in [-0.05, 0) is 31.7 Å². The van der Waals surface area contributed by atoms with Crippen molar-refractivity contribution in [3.05, 3.63) is 52.4 Å². The molecule has 6 nitrogen and oxygen atoms in total. The van der Waals surface area contributed by atoms with Crippen LogP contribution in [0.15, 0.2) is 46.8 Å². The van der Waals surface area contributed by atoms with Gasteiger partial charge in [-0.1, -0.05) is 18.2 Å². The average molecular weight is 380 g/mol. The second-order valence-corrected chi connectivity index (χ2v) is 7.56. The molecule has 0 spiro atoms. The number of Topliss-reactive ketones (excluding diaryl/α,β-unsaturated/α-hetero) is 2. The Hall–Kier alpha value is -2.89. The highest BCUT2D eigenvalue weighted by molar-refractivity contribution is 6.06. The first-order chi connectivity index (χ1) is 13.5. The summed E-state index contributed by atoms with van der Waals surface area (Å²) in [7, 11) is 1.97. The Balaban J connectivity index is 1.90. The van der Waals surface area contributed by atoms with Crippen molar-refractivity contribution >= 4 is 17.5 Å². The molecule has 1 aromatic carbocycles. The smallest absolute Gasteiger partial charge is 0.255 e. The quantitative estimate of drug-likeness (QED) is 0.867. The molecule has 0 saturated carbocycles. The Labute approximate surface area is 164 Å². The Morgan fingerprint density at radius 2 is 1.61 bits per heavy atom. The van der Waals surface area contributed by atoms with Gasteiger partial charge in [0.1, 0.15) is 5.75 Å². The highest BCUT2D eigenvalue weighted by atomic mass is 16.5. The number of carbonyl (C=O) groups is 3. The van der Waals surface area contributed by atoms with E-state index in [2.05, 4.69) is 4.90 Å². The van der Waals surface area contributed by atoms with Crippen molar-refractivity contribution in [1.29, 1.82) is 0 Å². The van der Waals surface area contributed by atoms with Crippen LogP contribution in [0.1, 0.15) is 50.0 Å². The van der Waals surface area contributed by atoms with Gasteiger partial charge in [0.2, 0.25) is 0 Å². The van der Waals surface area contributed by atoms with E-state index in [-0.39, 0.29) is 18.2 Å². The maximum atomic E-state index is 13.0. The summed E-state index contributed by atoms with van der Waals surface area (Å²) >= 11 is 0. The molecule has 1 amide bonds. The summed E-state index contributed by atoms with van der Waals surface area (Å²) in [5.41, 5.74) is 9.44. The monoisotopic (exact) mass is 380 g/mol. The molecule has 0 radical (unpaired) electrons. The Morgan fingerprint density at radius 1 is 1.04 bits per heavy atom. The van der Waals surface area contributed by atoms with Crippen LogP contribution in [0.2, 0.25) is 0 Å². The van der Waals surface area contributed by atoms with Gasteiger partial charge in [0.15, 0.2) is 18.2 Å². The van der Waals surface area contributed by atoms with Crippen LogP contribution in [0.5, 0.6) is 5.75 Å². The number of nitrogens with zero attached hydrogens (tertiary/aromatic N) is 1. The fraction of sp³-hybridized carbons (Fsp3) is 0.409. The van der Waals surface area contributed by atoms with Crippen LogP contribution in [0, 0.1) is 0 Å². The summed E-state index contributed by atoms with van der Waals surface area (Å²) in [5.74, 6) is -0.335. The highest BCUT2D eigenvalue weighted by Gasteiger charge is 2.43. The van der Waals surface area contributed by atoms with Gasteiger partial charge >= 0.3 is 0 Å². The second kappa shape index (κ2) is 7.26. The first-order valence-corrected chi connectivity index (χ1v) is 9.75. The SMILES string of the molecule is CN1C2=C(C(=O)CCC2)C(c2ccccc2OCC(N)=O)C2=C1CCCC2=O. The minimum Gasteiger partial charge on any atom is -0.483 e. The van der Waals surface area contributed by atoms with Gasteiger partial charge in [0, 0.05) is 53.9 Å². The van der Waals surface area contributed by atoms with Crippen molar-refractivity contribution in [2.45, 2.75) is 44.4 Å². The van der Waals surface area contributed by atoms with E-state index >= 15 is 0 Å². The minimum absolute atomic E-state index is 0.0905. The van der Waals surface area contributed by atoms with E-state index in [1.807, 2.05) is 25.2 Å². The molecule has 0 aromatic heterocycles. The Kier molecular flexibility index (Phi) is 4.79. The van der Waals surface area contributed by atoms with Crippen molar-refractivity contribution in [2.75, 3.05) is 13.7 Å². The molecule has 0 unspecified atom stereocenters. The third-order valence-corrected chi connectivity index (χ3v) is 5.84. The summed E-state index contributed by atoms with van der Waals surface area (Å²) in [6.45, 7) is -0.247. The van der Waals surface area contributed by atoms with Crippen LogP contribution in [0.4, 0.5) is 0 Å². The van der Waals surface area contributed by atoms with Gasteiger partial charge < -0.3 is 15.4 Å². The summed E-state index contributed by atoms with van der Waals surface area (Å²) in [4.78, 5) is 39.3. The lowest BCUT2D eigenvalue weighted by Crippen LogP contribution is -2.37. The number of primary amides is 1. The van der Waals surface area contributed by atoms with Gasteiger partial charge in [0.25, 0.3) is 5.91 Å². The third kappa shape index (κ3) is 3.03. The van der Waals surface area contributed by atoms with E-state index < -0.39 is 11.8 Å². The lowest BCUT2D eigenvalue weighted by atomic mass is 9.71. The predicted molar refractivity (Wildman–Crippen MR) is 103 cm³/mol. The van der Waals surface area contributed by atoms with Gasteiger partial charge in [-0.25, -0.2) is 0 Å². The van der Waals surface area contributed by atoms with Crippen LogP contribution in [-0.4, -0.2) is 36.0 Å². The zero-order valence-electron chi connectivity index (χ0n) is 16.0. The fourth-order valence-electron chi connectivity index (χ4n) is 4.66. The molecule has 0 saturated heterocycles. The van der Waals surface area contributed by atoms with E-state index in [9.17, 15) is 14.4 Å². The fourth-order valence-corrected chi connectivity index (χ4v) is 4.66. The molecule has 146 valence electrons. The predicted octanol–water partition coefficient (Wildman–Crippen LogP) is 2.59. The van der Waals surface area contributed by atoms with Crippen LogP contribution in [0.3, 0.4) is 0 Å². The molecule has 4 rings (SSSR count). The largest absolute Gasteiger partial charge is 0.483 e. The molecule has 0 atom stereocenters. The van der Waals surface area contributed by atoms with Gasteiger partial charge in [-0.3, -0.25) is 14.4 Å². The Morgan fingerprint density at radius 3 is 2.18 bits per heavy atom. The number of ketones is 2. The van der Waals surface area contributed by atoms with E-state index in [0.29, 0.717) is 29.7 Å². The molecular weight excluding hydrogens is 356 g/mol. The normalized spacial score (nSPS) is 20.2. The standard InChI is InChI=1S/C22H24N2O4/c1-24-14-7-4-9-16(25)21(14)20(22-15(24)8-5-10-17(22)26)13-6-2-3-11-18(13)28-12-19(23)27/h2-3,6,11,20H,4-5,7-10,12H2,1H3,(H2,23,27). The Bertz CT molecular complexity index is 884. The van der Waals surface area contributed by atoms with E-state index in [0.717, 1.165) is 42.6 Å². The molecule has 2 aliphatic carbocycles. The second-order valence-electron chi connectivity index (χ2n) is 7.56. The van der Waals surface area contributed by atoms with Gasteiger partial charge in [-0.2, -0.15) is 0 Å². The molecule has 1 aromatic rings. The van der Waals surface area contributed by atoms with Crippen LogP contribution in [0.25, 0.3) is 0 Å². The maximum Gasteiger partial charge on any atom is 0.255 e. The molecular formula is C22H24N2O4. The molecule has 6 heteroatoms. The highest BCUT2D eigenvalue weighted by Crippen LogP contribution is 2.50. The first-order valence-electron chi connectivity index (χ1n) is 9.75. The van der Waals surface area contributed by atoms with Crippen molar-refractivity contribution in [3.63, 3.8) is 0 Å². The molecule has 1 aliphatic heterocycles. The van der Waals surface area contributed by atoms with Gasteiger partial charge in [-0.15, -0.1) is 0 Å². The average Bonchev–Trinajstić information content (AvgIpc) is 2.68. The summed E-state index contributed by atoms with van der Waals surface area (Å²) < 4.78 is 5.65. The van der Waals surface area contributed by atoms with E-state index in [4.69, 9.17) is 10.5 Å².